The lowest BCUT2D eigenvalue weighted by molar-refractivity contribution is -0.143. The standard InChI is InChI=1S/C17H18Cl2F3N3O3/c1-4-9(14(19)15(26)28-5-2)10-6-13(12(20)7-11(10)18)25-17(27)24(16(21)22)8(3)23-25/h6-7,9,14,16H,4-5H2,1-3H3. The van der Waals surface area contributed by atoms with Crippen LogP contribution in [0.15, 0.2) is 16.9 Å². The number of rotatable bonds is 7. The van der Waals surface area contributed by atoms with Crippen LogP contribution in [0.1, 0.15) is 44.1 Å². The Morgan fingerprint density at radius 1 is 1.32 bits per heavy atom. The van der Waals surface area contributed by atoms with E-state index in [9.17, 15) is 22.8 Å². The quantitative estimate of drug-likeness (QED) is 0.479. The molecule has 0 aliphatic carbocycles. The number of aryl methyl sites for hydroxylation is 1. The van der Waals surface area contributed by atoms with E-state index in [0.717, 1.165) is 6.07 Å². The van der Waals surface area contributed by atoms with Crippen molar-refractivity contribution >= 4 is 29.2 Å². The lowest BCUT2D eigenvalue weighted by Crippen LogP contribution is -2.27. The molecule has 0 aliphatic heterocycles. The van der Waals surface area contributed by atoms with E-state index in [1.807, 2.05) is 0 Å². The fourth-order valence-corrected chi connectivity index (χ4v) is 3.50. The van der Waals surface area contributed by atoms with E-state index in [0.29, 0.717) is 11.1 Å². The normalized spacial score (nSPS) is 13.6. The van der Waals surface area contributed by atoms with Gasteiger partial charge in [-0.2, -0.15) is 13.5 Å². The fourth-order valence-electron chi connectivity index (χ4n) is 2.83. The van der Waals surface area contributed by atoms with Crippen molar-refractivity contribution in [1.82, 2.24) is 14.3 Å². The summed E-state index contributed by atoms with van der Waals surface area (Å²) in [6.45, 7) is 1.56. The Bertz CT molecular complexity index is 930. The van der Waals surface area contributed by atoms with E-state index < -0.39 is 35.3 Å². The van der Waals surface area contributed by atoms with Crippen LogP contribution in [0.2, 0.25) is 5.02 Å². The zero-order valence-electron chi connectivity index (χ0n) is 15.3. The summed E-state index contributed by atoms with van der Waals surface area (Å²) in [7, 11) is 0. The van der Waals surface area contributed by atoms with Gasteiger partial charge in [-0.05, 0) is 38.0 Å². The second-order valence-corrected chi connectivity index (χ2v) is 6.76. The third-order valence-corrected chi connectivity index (χ3v) is 4.98. The van der Waals surface area contributed by atoms with Crippen molar-refractivity contribution in [3.05, 3.63) is 44.8 Å². The maximum absolute atomic E-state index is 14.5. The largest absolute Gasteiger partial charge is 0.465 e. The van der Waals surface area contributed by atoms with Crippen molar-refractivity contribution in [2.45, 2.75) is 45.0 Å². The molecule has 0 bridgehead atoms. The zero-order valence-corrected chi connectivity index (χ0v) is 16.8. The van der Waals surface area contributed by atoms with Gasteiger partial charge in [-0.15, -0.1) is 16.7 Å². The van der Waals surface area contributed by atoms with Gasteiger partial charge in [-0.1, -0.05) is 18.5 Å². The third-order valence-electron chi connectivity index (χ3n) is 4.17. The van der Waals surface area contributed by atoms with Gasteiger partial charge in [0.25, 0.3) is 0 Å². The van der Waals surface area contributed by atoms with Crippen LogP contribution in [0.5, 0.6) is 0 Å². The predicted octanol–water partition coefficient (Wildman–Crippen LogP) is 4.19. The van der Waals surface area contributed by atoms with Gasteiger partial charge in [0.1, 0.15) is 16.9 Å². The van der Waals surface area contributed by atoms with Crippen molar-refractivity contribution in [1.29, 1.82) is 0 Å². The first-order valence-electron chi connectivity index (χ1n) is 8.40. The Morgan fingerprint density at radius 2 is 1.96 bits per heavy atom. The number of hydrogen-bond acceptors (Lipinski definition) is 4. The average molecular weight is 440 g/mol. The van der Waals surface area contributed by atoms with Crippen molar-refractivity contribution < 1.29 is 22.7 Å². The molecule has 0 spiro atoms. The van der Waals surface area contributed by atoms with Crippen LogP contribution in [0.4, 0.5) is 13.2 Å². The summed E-state index contributed by atoms with van der Waals surface area (Å²) < 4.78 is 46.1. The molecular formula is C17H18Cl2F3N3O3. The summed E-state index contributed by atoms with van der Waals surface area (Å²) in [5.41, 5.74) is -1.32. The van der Waals surface area contributed by atoms with E-state index in [-0.39, 0.29) is 33.3 Å². The second-order valence-electron chi connectivity index (χ2n) is 5.88. The molecular weight excluding hydrogens is 422 g/mol. The highest BCUT2D eigenvalue weighted by molar-refractivity contribution is 6.33. The highest BCUT2D eigenvalue weighted by Gasteiger charge is 2.31. The monoisotopic (exact) mass is 439 g/mol. The average Bonchev–Trinajstić information content (AvgIpc) is 2.91. The molecule has 2 atom stereocenters. The molecule has 0 saturated carbocycles. The van der Waals surface area contributed by atoms with Crippen molar-refractivity contribution in [2.75, 3.05) is 6.61 Å². The van der Waals surface area contributed by atoms with E-state index >= 15 is 0 Å². The maximum atomic E-state index is 14.5. The number of alkyl halides is 3. The molecule has 0 aliphatic rings. The van der Waals surface area contributed by atoms with Crippen molar-refractivity contribution in [2.24, 2.45) is 0 Å². The third kappa shape index (κ3) is 4.20. The SMILES string of the molecule is CCOC(=O)C(Cl)C(CC)c1cc(-n2nc(C)n(C(F)F)c2=O)c(F)cc1Cl. The number of halogens is 5. The van der Waals surface area contributed by atoms with Gasteiger partial charge < -0.3 is 4.74 Å². The van der Waals surface area contributed by atoms with Gasteiger partial charge >= 0.3 is 18.2 Å². The topological polar surface area (TPSA) is 66.1 Å². The highest BCUT2D eigenvalue weighted by Crippen LogP contribution is 2.35. The number of carbonyl (C=O) groups is 1. The molecule has 0 radical (unpaired) electrons. The Balaban J connectivity index is 2.61. The molecule has 154 valence electrons. The van der Waals surface area contributed by atoms with E-state index in [2.05, 4.69) is 5.10 Å². The first kappa shape index (κ1) is 22.3. The lowest BCUT2D eigenvalue weighted by atomic mass is 9.92. The number of esters is 1. The van der Waals surface area contributed by atoms with Gasteiger partial charge in [0, 0.05) is 10.9 Å². The minimum Gasteiger partial charge on any atom is -0.465 e. The minimum atomic E-state index is -3.13. The molecule has 0 fully saturated rings. The van der Waals surface area contributed by atoms with Crippen LogP contribution in [-0.4, -0.2) is 32.3 Å². The zero-order chi connectivity index (χ0) is 21.2. The van der Waals surface area contributed by atoms with Gasteiger partial charge in [-0.3, -0.25) is 4.79 Å². The summed E-state index contributed by atoms with van der Waals surface area (Å²) in [5, 5.41) is 2.57. The molecule has 6 nitrogen and oxygen atoms in total. The predicted molar refractivity (Wildman–Crippen MR) is 98.1 cm³/mol. The number of ether oxygens (including phenoxy) is 1. The molecule has 0 saturated heterocycles. The molecule has 28 heavy (non-hydrogen) atoms. The number of carbonyl (C=O) groups excluding carboxylic acids is 1. The molecule has 2 unspecified atom stereocenters. The van der Waals surface area contributed by atoms with E-state index in [1.165, 1.54) is 13.0 Å². The molecule has 0 N–H and O–H groups in total. The number of benzene rings is 1. The maximum Gasteiger partial charge on any atom is 0.355 e. The number of hydrogen-bond donors (Lipinski definition) is 0. The Labute approximate surface area is 168 Å². The van der Waals surface area contributed by atoms with Crippen molar-refractivity contribution in [3.8, 4) is 5.69 Å². The summed E-state index contributed by atoms with van der Waals surface area (Å²) in [6.07, 6.45) is 0.344. The summed E-state index contributed by atoms with van der Waals surface area (Å²) >= 11 is 12.3. The molecule has 2 aromatic rings. The minimum absolute atomic E-state index is 0.0267. The van der Waals surface area contributed by atoms with Crippen LogP contribution in [0.25, 0.3) is 5.69 Å². The van der Waals surface area contributed by atoms with Gasteiger partial charge in [0.2, 0.25) is 0 Å². The lowest BCUT2D eigenvalue weighted by Gasteiger charge is -2.22. The van der Waals surface area contributed by atoms with Crippen molar-refractivity contribution in [3.63, 3.8) is 0 Å². The van der Waals surface area contributed by atoms with Gasteiger partial charge in [0.05, 0.1) is 6.61 Å². The van der Waals surface area contributed by atoms with Gasteiger partial charge in [0.15, 0.2) is 5.82 Å². The van der Waals surface area contributed by atoms with Crippen LogP contribution >= 0.6 is 23.2 Å². The molecule has 11 heteroatoms. The summed E-state index contributed by atoms with van der Waals surface area (Å²) in [5.74, 6) is -2.56. The van der Waals surface area contributed by atoms with E-state index in [4.69, 9.17) is 27.9 Å². The Morgan fingerprint density at radius 3 is 2.46 bits per heavy atom. The number of nitrogens with zero attached hydrogens (tertiary/aromatic N) is 3. The Hall–Kier alpha value is -2.00. The fraction of sp³-hybridized carbons (Fsp3) is 0.471. The van der Waals surface area contributed by atoms with Crippen LogP contribution in [0, 0.1) is 12.7 Å². The smallest absolute Gasteiger partial charge is 0.355 e. The molecule has 2 rings (SSSR count). The van der Waals surface area contributed by atoms with Crippen LogP contribution in [-0.2, 0) is 9.53 Å². The van der Waals surface area contributed by atoms with Crippen LogP contribution < -0.4 is 5.69 Å². The van der Waals surface area contributed by atoms with Crippen LogP contribution in [0.3, 0.4) is 0 Å². The molecule has 0 amide bonds. The first-order valence-corrected chi connectivity index (χ1v) is 9.21. The second kappa shape index (κ2) is 9.00. The molecule has 1 heterocycles. The molecule has 1 aromatic carbocycles. The van der Waals surface area contributed by atoms with Gasteiger partial charge in [-0.25, -0.2) is 13.8 Å². The summed E-state index contributed by atoms with van der Waals surface area (Å²) in [4.78, 5) is 24.2. The Kier molecular flexibility index (Phi) is 7.16. The van der Waals surface area contributed by atoms with E-state index in [1.54, 1.807) is 13.8 Å². The number of aromatic nitrogens is 3. The highest BCUT2D eigenvalue weighted by atomic mass is 35.5. The summed E-state index contributed by atoms with van der Waals surface area (Å²) in [6, 6.07) is 2.11. The first-order chi connectivity index (χ1) is 13.1. The molecule has 1 aromatic heterocycles.